The van der Waals surface area contributed by atoms with E-state index in [-0.39, 0.29) is 11.7 Å². The van der Waals surface area contributed by atoms with Crippen LogP contribution in [0, 0.1) is 0 Å². The van der Waals surface area contributed by atoms with Gasteiger partial charge in [-0.25, -0.2) is 4.98 Å². The van der Waals surface area contributed by atoms with E-state index in [4.69, 9.17) is 4.42 Å². The fourth-order valence-corrected chi connectivity index (χ4v) is 2.07. The molecule has 0 bridgehead atoms. The molecule has 0 radical (unpaired) electrons. The number of hydrogen-bond donors (Lipinski definition) is 1. The Hall–Kier alpha value is -2.36. The molecule has 0 amide bonds. The van der Waals surface area contributed by atoms with Crippen LogP contribution >= 0.6 is 0 Å². The summed E-state index contributed by atoms with van der Waals surface area (Å²) < 4.78 is 5.65. The zero-order chi connectivity index (χ0) is 13.4. The van der Waals surface area contributed by atoms with Crippen molar-refractivity contribution in [2.75, 3.05) is 0 Å². The largest absolute Gasteiger partial charge is 0.508 e. The Morgan fingerprint density at radius 1 is 1.21 bits per heavy atom. The quantitative estimate of drug-likeness (QED) is 0.757. The molecule has 2 heterocycles. The minimum absolute atomic E-state index is 0.271. The first-order valence-corrected chi connectivity index (χ1v) is 6.19. The highest BCUT2D eigenvalue weighted by Crippen LogP contribution is 2.31. The number of phenolic OH excluding ortho intramolecular Hbond substituents is 1. The maximum Gasteiger partial charge on any atom is 0.227 e. The Labute approximate surface area is 110 Å². The Morgan fingerprint density at radius 2 is 2.05 bits per heavy atom. The van der Waals surface area contributed by atoms with Gasteiger partial charge in [-0.1, -0.05) is 19.9 Å². The van der Waals surface area contributed by atoms with E-state index < -0.39 is 0 Å². The number of aromatic hydroxyl groups is 1. The van der Waals surface area contributed by atoms with Gasteiger partial charge in [0.1, 0.15) is 11.3 Å². The van der Waals surface area contributed by atoms with E-state index in [9.17, 15) is 5.11 Å². The number of rotatable bonds is 2. The van der Waals surface area contributed by atoms with Crippen molar-refractivity contribution in [3.8, 4) is 17.2 Å². The fourth-order valence-electron chi connectivity index (χ4n) is 2.07. The number of benzene rings is 1. The number of phenols is 1. The molecule has 0 saturated heterocycles. The predicted octanol–water partition coefficient (Wildman–Crippen LogP) is 3.72. The van der Waals surface area contributed by atoms with E-state index in [0.29, 0.717) is 17.0 Å². The molecule has 0 aliphatic carbocycles. The van der Waals surface area contributed by atoms with Crippen molar-refractivity contribution >= 4 is 11.1 Å². The lowest BCUT2D eigenvalue weighted by Gasteiger charge is -2.08. The van der Waals surface area contributed by atoms with Gasteiger partial charge in [0.05, 0.1) is 6.20 Å². The normalized spacial score (nSPS) is 11.3. The Balaban J connectivity index is 2.09. The number of pyridine rings is 1. The summed E-state index contributed by atoms with van der Waals surface area (Å²) in [5.74, 6) is 1.04. The monoisotopic (exact) mass is 254 g/mol. The zero-order valence-corrected chi connectivity index (χ0v) is 10.8. The molecule has 0 atom stereocenters. The van der Waals surface area contributed by atoms with Crippen LogP contribution in [0.2, 0.25) is 0 Å². The van der Waals surface area contributed by atoms with Crippen LogP contribution < -0.4 is 0 Å². The van der Waals surface area contributed by atoms with E-state index in [0.717, 1.165) is 11.1 Å². The minimum Gasteiger partial charge on any atom is -0.508 e. The third-order valence-electron chi connectivity index (χ3n) is 3.09. The molecule has 0 saturated carbocycles. The number of hydrogen-bond acceptors (Lipinski definition) is 4. The fraction of sp³-hybridized carbons (Fsp3) is 0.200. The van der Waals surface area contributed by atoms with Crippen LogP contribution in [0.1, 0.15) is 25.3 Å². The van der Waals surface area contributed by atoms with Gasteiger partial charge >= 0.3 is 0 Å². The SMILES string of the molecule is CC(C)c1ccc(-c2nc3cnccc3o2)cc1O. The molecule has 3 aromatic rings. The Bertz CT molecular complexity index is 699. The van der Waals surface area contributed by atoms with Crippen LogP contribution in [-0.4, -0.2) is 15.1 Å². The number of aromatic nitrogens is 2. The summed E-state index contributed by atoms with van der Waals surface area (Å²) in [5, 5.41) is 10.0. The average Bonchev–Trinajstić information content (AvgIpc) is 2.81. The second kappa shape index (κ2) is 4.39. The van der Waals surface area contributed by atoms with Gasteiger partial charge in [-0.05, 0) is 23.6 Å². The lowest BCUT2D eigenvalue weighted by molar-refractivity contribution is 0.464. The van der Waals surface area contributed by atoms with Crippen molar-refractivity contribution in [1.82, 2.24) is 9.97 Å². The summed E-state index contributed by atoms with van der Waals surface area (Å²) >= 11 is 0. The first-order valence-electron chi connectivity index (χ1n) is 6.19. The molecule has 0 unspecified atom stereocenters. The van der Waals surface area contributed by atoms with Crippen molar-refractivity contribution in [1.29, 1.82) is 0 Å². The van der Waals surface area contributed by atoms with Gasteiger partial charge in [-0.15, -0.1) is 0 Å². The summed E-state index contributed by atoms with van der Waals surface area (Å²) in [6.45, 7) is 4.08. The summed E-state index contributed by atoms with van der Waals surface area (Å²) in [6.07, 6.45) is 3.32. The molecule has 2 aromatic heterocycles. The summed E-state index contributed by atoms with van der Waals surface area (Å²) in [5.41, 5.74) is 3.09. The van der Waals surface area contributed by atoms with Gasteiger partial charge in [0.15, 0.2) is 5.58 Å². The van der Waals surface area contributed by atoms with E-state index in [1.54, 1.807) is 24.5 Å². The highest BCUT2D eigenvalue weighted by atomic mass is 16.3. The molecule has 0 aliphatic heterocycles. The molecule has 0 fully saturated rings. The summed E-state index contributed by atoms with van der Waals surface area (Å²) in [6, 6.07) is 7.28. The van der Waals surface area contributed by atoms with Crippen molar-refractivity contribution in [3.63, 3.8) is 0 Å². The predicted molar refractivity (Wildman–Crippen MR) is 73.0 cm³/mol. The van der Waals surface area contributed by atoms with Crippen molar-refractivity contribution in [3.05, 3.63) is 42.2 Å². The molecule has 0 aliphatic rings. The maximum atomic E-state index is 10.0. The lowest BCUT2D eigenvalue weighted by atomic mass is 10.0. The lowest BCUT2D eigenvalue weighted by Crippen LogP contribution is -1.88. The number of nitrogens with zero attached hydrogens (tertiary/aromatic N) is 2. The molecular formula is C15H14N2O2. The highest BCUT2D eigenvalue weighted by Gasteiger charge is 2.12. The van der Waals surface area contributed by atoms with E-state index in [1.165, 1.54) is 0 Å². The summed E-state index contributed by atoms with van der Waals surface area (Å²) in [4.78, 5) is 8.36. The van der Waals surface area contributed by atoms with Crippen LogP contribution in [0.3, 0.4) is 0 Å². The van der Waals surface area contributed by atoms with Gasteiger partial charge < -0.3 is 9.52 Å². The van der Waals surface area contributed by atoms with Gasteiger partial charge in [-0.2, -0.15) is 0 Å². The number of oxazole rings is 1. The highest BCUT2D eigenvalue weighted by molar-refractivity contribution is 5.75. The smallest absolute Gasteiger partial charge is 0.227 e. The molecule has 1 N–H and O–H groups in total. The van der Waals surface area contributed by atoms with Gasteiger partial charge in [0, 0.05) is 17.8 Å². The van der Waals surface area contributed by atoms with Crippen molar-refractivity contribution in [2.24, 2.45) is 0 Å². The standard InChI is InChI=1S/C15H14N2O2/c1-9(2)11-4-3-10(7-13(11)18)15-17-12-8-16-6-5-14(12)19-15/h3-9,18H,1-2H3. The second-order valence-electron chi connectivity index (χ2n) is 4.79. The number of fused-ring (bicyclic) bond motifs is 1. The van der Waals surface area contributed by atoms with E-state index >= 15 is 0 Å². The van der Waals surface area contributed by atoms with Crippen LogP contribution in [0.4, 0.5) is 0 Å². The first kappa shape index (κ1) is 11.7. The average molecular weight is 254 g/mol. The molecule has 19 heavy (non-hydrogen) atoms. The van der Waals surface area contributed by atoms with Gasteiger partial charge in [-0.3, -0.25) is 4.98 Å². The maximum absolute atomic E-state index is 10.0. The molecular weight excluding hydrogens is 240 g/mol. The zero-order valence-electron chi connectivity index (χ0n) is 10.8. The summed E-state index contributed by atoms with van der Waals surface area (Å²) in [7, 11) is 0. The van der Waals surface area contributed by atoms with Crippen LogP contribution in [0.15, 0.2) is 41.1 Å². The molecule has 0 spiro atoms. The Kier molecular flexibility index (Phi) is 2.71. The molecule has 4 heteroatoms. The molecule has 96 valence electrons. The van der Waals surface area contributed by atoms with Crippen LogP contribution in [0.25, 0.3) is 22.6 Å². The molecule has 3 rings (SSSR count). The third kappa shape index (κ3) is 2.05. The van der Waals surface area contributed by atoms with Crippen molar-refractivity contribution < 1.29 is 9.52 Å². The van der Waals surface area contributed by atoms with E-state index in [2.05, 4.69) is 9.97 Å². The second-order valence-corrected chi connectivity index (χ2v) is 4.79. The van der Waals surface area contributed by atoms with Crippen LogP contribution in [0.5, 0.6) is 5.75 Å². The Morgan fingerprint density at radius 3 is 2.74 bits per heavy atom. The van der Waals surface area contributed by atoms with Gasteiger partial charge in [0.25, 0.3) is 0 Å². The van der Waals surface area contributed by atoms with E-state index in [1.807, 2.05) is 26.0 Å². The molecule has 1 aromatic carbocycles. The first-order chi connectivity index (χ1) is 9.15. The minimum atomic E-state index is 0.271. The molecule has 4 nitrogen and oxygen atoms in total. The van der Waals surface area contributed by atoms with Crippen LogP contribution in [-0.2, 0) is 0 Å². The topological polar surface area (TPSA) is 59.2 Å². The van der Waals surface area contributed by atoms with Gasteiger partial charge in [0.2, 0.25) is 5.89 Å². The third-order valence-corrected chi connectivity index (χ3v) is 3.09. The van der Waals surface area contributed by atoms with Crippen molar-refractivity contribution in [2.45, 2.75) is 19.8 Å².